The molecule has 7 nitrogen and oxygen atoms in total. The van der Waals surface area contributed by atoms with Crippen molar-refractivity contribution in [2.24, 2.45) is 0 Å². The molecule has 0 aromatic carbocycles. The standard InChI is InChI=1S/C17H26BN3O4/c1-11-13(18(23)24)9-12-5-6-17(20-14(12)19-11)7-8-21(10-17)15(22)25-16(2,3)4/h9,23-24H,5-8,10H2,1-4H3,(H,19,20)/t17-/m1/s1. The number of carbonyl (C=O) groups is 1. The van der Waals surface area contributed by atoms with Gasteiger partial charge in [-0.15, -0.1) is 0 Å². The molecular formula is C17H26BN3O4. The molecule has 1 aromatic rings. The molecular weight excluding hydrogens is 321 g/mol. The van der Waals surface area contributed by atoms with E-state index in [0.717, 1.165) is 30.6 Å². The van der Waals surface area contributed by atoms with Gasteiger partial charge in [0.2, 0.25) is 0 Å². The zero-order chi connectivity index (χ0) is 18.4. The number of anilines is 1. The van der Waals surface area contributed by atoms with Gasteiger partial charge in [0.05, 0.1) is 5.54 Å². The molecule has 0 radical (unpaired) electrons. The molecule has 1 saturated heterocycles. The predicted octanol–water partition coefficient (Wildman–Crippen LogP) is 0.808. The van der Waals surface area contributed by atoms with Gasteiger partial charge < -0.3 is 25.0 Å². The number of rotatable bonds is 1. The smallest absolute Gasteiger partial charge is 0.444 e. The number of amides is 1. The lowest BCUT2D eigenvalue weighted by Crippen LogP contribution is -2.47. The zero-order valence-corrected chi connectivity index (χ0v) is 15.3. The van der Waals surface area contributed by atoms with Crippen LogP contribution in [0.15, 0.2) is 6.07 Å². The highest BCUT2D eigenvalue weighted by molar-refractivity contribution is 6.59. The summed E-state index contributed by atoms with van der Waals surface area (Å²) < 4.78 is 5.47. The molecule has 3 N–H and O–H groups in total. The molecule has 25 heavy (non-hydrogen) atoms. The second-order valence-electron chi connectivity index (χ2n) is 8.10. The van der Waals surface area contributed by atoms with E-state index in [1.807, 2.05) is 26.8 Å². The minimum Gasteiger partial charge on any atom is -0.444 e. The van der Waals surface area contributed by atoms with E-state index in [1.54, 1.807) is 11.8 Å². The maximum atomic E-state index is 12.3. The molecule has 0 bridgehead atoms. The lowest BCUT2D eigenvalue weighted by atomic mass is 9.77. The van der Waals surface area contributed by atoms with Crippen LogP contribution < -0.4 is 10.8 Å². The van der Waals surface area contributed by atoms with E-state index in [-0.39, 0.29) is 11.6 Å². The van der Waals surface area contributed by atoms with Crippen molar-refractivity contribution >= 4 is 24.5 Å². The van der Waals surface area contributed by atoms with Crippen LogP contribution in [0.4, 0.5) is 10.6 Å². The van der Waals surface area contributed by atoms with Crippen molar-refractivity contribution in [1.29, 1.82) is 0 Å². The first-order chi connectivity index (χ1) is 11.6. The lowest BCUT2D eigenvalue weighted by Gasteiger charge is -2.36. The van der Waals surface area contributed by atoms with Crippen molar-refractivity contribution in [3.8, 4) is 0 Å². The number of aromatic nitrogens is 1. The average Bonchev–Trinajstić information content (AvgIpc) is 2.88. The van der Waals surface area contributed by atoms with Gasteiger partial charge in [-0.25, -0.2) is 9.78 Å². The highest BCUT2D eigenvalue weighted by atomic mass is 16.6. The van der Waals surface area contributed by atoms with Crippen LogP contribution in [-0.2, 0) is 11.2 Å². The Morgan fingerprint density at radius 2 is 2.12 bits per heavy atom. The number of aryl methyl sites for hydroxylation is 2. The molecule has 136 valence electrons. The SMILES string of the molecule is Cc1nc2c(cc1B(O)O)CC[C@]1(CCN(C(=O)OC(C)(C)C)C1)N2. The van der Waals surface area contributed by atoms with Crippen LogP contribution in [0.3, 0.4) is 0 Å². The number of pyridine rings is 1. The number of nitrogens with one attached hydrogen (secondary N) is 1. The van der Waals surface area contributed by atoms with Gasteiger partial charge >= 0.3 is 13.2 Å². The summed E-state index contributed by atoms with van der Waals surface area (Å²) in [5.41, 5.74) is 1.33. The van der Waals surface area contributed by atoms with Crippen LogP contribution in [0, 0.1) is 6.92 Å². The number of ether oxygens (including phenoxy) is 1. The Balaban J connectivity index is 1.75. The second-order valence-corrected chi connectivity index (χ2v) is 8.10. The fourth-order valence-electron chi connectivity index (χ4n) is 3.57. The third-order valence-electron chi connectivity index (χ3n) is 4.87. The number of nitrogens with zero attached hydrogens (tertiary/aromatic N) is 2. The summed E-state index contributed by atoms with van der Waals surface area (Å²) >= 11 is 0. The second kappa shape index (κ2) is 6.18. The van der Waals surface area contributed by atoms with Gasteiger partial charge in [0.1, 0.15) is 11.4 Å². The Morgan fingerprint density at radius 1 is 1.40 bits per heavy atom. The van der Waals surface area contributed by atoms with Crippen LogP contribution in [0.1, 0.15) is 44.9 Å². The monoisotopic (exact) mass is 347 g/mol. The number of hydrogen-bond donors (Lipinski definition) is 3. The molecule has 0 unspecified atom stereocenters. The van der Waals surface area contributed by atoms with E-state index in [1.165, 1.54) is 0 Å². The Morgan fingerprint density at radius 3 is 2.76 bits per heavy atom. The predicted molar refractivity (Wildman–Crippen MR) is 95.9 cm³/mol. The van der Waals surface area contributed by atoms with Crippen molar-refractivity contribution in [2.75, 3.05) is 18.4 Å². The Bertz CT molecular complexity index is 689. The summed E-state index contributed by atoms with van der Waals surface area (Å²) in [6.45, 7) is 8.61. The molecule has 3 rings (SSSR count). The van der Waals surface area contributed by atoms with E-state index in [0.29, 0.717) is 24.2 Å². The molecule has 8 heteroatoms. The third-order valence-corrected chi connectivity index (χ3v) is 4.87. The molecule has 2 aliphatic rings. The number of likely N-dealkylation sites (tertiary alicyclic amines) is 1. The topological polar surface area (TPSA) is 94.9 Å². The van der Waals surface area contributed by atoms with Crippen LogP contribution >= 0.6 is 0 Å². The van der Waals surface area contributed by atoms with Gasteiger partial charge in [-0.3, -0.25) is 0 Å². The zero-order valence-electron chi connectivity index (χ0n) is 15.3. The van der Waals surface area contributed by atoms with Gasteiger partial charge in [0.15, 0.2) is 0 Å². The van der Waals surface area contributed by atoms with Crippen LogP contribution in [-0.4, -0.2) is 57.4 Å². The fourth-order valence-corrected chi connectivity index (χ4v) is 3.57. The molecule has 0 saturated carbocycles. The first kappa shape index (κ1) is 18.0. The summed E-state index contributed by atoms with van der Waals surface area (Å²) in [4.78, 5) is 18.6. The minimum atomic E-state index is -1.51. The Hall–Kier alpha value is -1.80. The van der Waals surface area contributed by atoms with Gasteiger partial charge in [-0.05, 0) is 52.5 Å². The first-order valence-corrected chi connectivity index (χ1v) is 8.71. The van der Waals surface area contributed by atoms with E-state index >= 15 is 0 Å². The molecule has 1 fully saturated rings. The molecule has 0 aliphatic carbocycles. The van der Waals surface area contributed by atoms with Crippen LogP contribution in [0.25, 0.3) is 0 Å². The van der Waals surface area contributed by atoms with Crippen molar-refractivity contribution in [1.82, 2.24) is 9.88 Å². The van der Waals surface area contributed by atoms with Gasteiger partial charge in [0.25, 0.3) is 0 Å². The number of hydrogen-bond acceptors (Lipinski definition) is 6. The van der Waals surface area contributed by atoms with Crippen LogP contribution in [0.2, 0.25) is 0 Å². The van der Waals surface area contributed by atoms with Gasteiger partial charge in [-0.1, -0.05) is 6.07 Å². The maximum absolute atomic E-state index is 12.3. The lowest BCUT2D eigenvalue weighted by molar-refractivity contribution is 0.0285. The normalized spacial score (nSPS) is 22.6. The molecule has 1 aromatic heterocycles. The molecule has 2 aliphatic heterocycles. The minimum absolute atomic E-state index is 0.192. The summed E-state index contributed by atoms with van der Waals surface area (Å²) in [6, 6.07) is 1.81. The van der Waals surface area contributed by atoms with Crippen molar-refractivity contribution in [3.63, 3.8) is 0 Å². The van der Waals surface area contributed by atoms with E-state index in [2.05, 4.69) is 10.3 Å². The quantitative estimate of drug-likeness (QED) is 0.651. The summed E-state index contributed by atoms with van der Waals surface area (Å²) in [5, 5.41) is 22.4. The first-order valence-electron chi connectivity index (χ1n) is 8.71. The summed E-state index contributed by atoms with van der Waals surface area (Å²) in [5.74, 6) is 0.777. The van der Waals surface area contributed by atoms with Gasteiger partial charge in [-0.2, -0.15) is 0 Å². The van der Waals surface area contributed by atoms with Crippen LogP contribution in [0.5, 0.6) is 0 Å². The molecule has 3 heterocycles. The fraction of sp³-hybridized carbons (Fsp3) is 0.647. The average molecular weight is 347 g/mol. The number of fused-ring (bicyclic) bond motifs is 1. The molecule has 1 amide bonds. The van der Waals surface area contributed by atoms with Crippen molar-refractivity contribution < 1.29 is 19.6 Å². The number of carbonyl (C=O) groups excluding carboxylic acids is 1. The van der Waals surface area contributed by atoms with Gasteiger partial charge in [0, 0.05) is 24.2 Å². The van der Waals surface area contributed by atoms with E-state index in [4.69, 9.17) is 4.74 Å². The summed E-state index contributed by atoms with van der Waals surface area (Å²) in [7, 11) is -1.51. The largest absolute Gasteiger partial charge is 0.490 e. The Labute approximate surface area is 148 Å². The highest BCUT2D eigenvalue weighted by Gasteiger charge is 2.43. The Kier molecular flexibility index (Phi) is 4.45. The molecule has 1 spiro atoms. The third kappa shape index (κ3) is 3.74. The van der Waals surface area contributed by atoms with Crippen molar-refractivity contribution in [2.45, 2.75) is 58.1 Å². The molecule has 1 atom stereocenters. The van der Waals surface area contributed by atoms with E-state index in [9.17, 15) is 14.8 Å². The highest BCUT2D eigenvalue weighted by Crippen LogP contribution is 2.36. The maximum Gasteiger partial charge on any atom is 0.490 e. The van der Waals surface area contributed by atoms with Crippen molar-refractivity contribution in [3.05, 3.63) is 17.3 Å². The van der Waals surface area contributed by atoms with E-state index < -0.39 is 12.7 Å². The summed E-state index contributed by atoms with van der Waals surface area (Å²) in [6.07, 6.45) is 2.22.